The lowest BCUT2D eigenvalue weighted by Gasteiger charge is -2.20. The number of rotatable bonds is 4. The molecule has 0 aromatic carbocycles. The number of hydrogen-bond acceptors (Lipinski definition) is 4. The quantitative estimate of drug-likeness (QED) is 0.811. The fourth-order valence-electron chi connectivity index (χ4n) is 2.32. The summed E-state index contributed by atoms with van der Waals surface area (Å²) >= 11 is 0. The molecule has 1 aromatic heterocycles. The van der Waals surface area contributed by atoms with Gasteiger partial charge in [-0.15, -0.1) is 0 Å². The van der Waals surface area contributed by atoms with Crippen LogP contribution in [0.2, 0.25) is 0 Å². The smallest absolute Gasteiger partial charge is 0.211 e. The Hall–Kier alpha value is -0.980. The highest BCUT2D eigenvalue weighted by atomic mass is 32.2. The van der Waals surface area contributed by atoms with Crippen LogP contribution in [0.1, 0.15) is 12.1 Å². The summed E-state index contributed by atoms with van der Waals surface area (Å²) in [5.74, 6) is 0. The number of sulfonamides is 1. The molecule has 1 aliphatic heterocycles. The van der Waals surface area contributed by atoms with Gasteiger partial charge in [-0.1, -0.05) is 6.07 Å². The van der Waals surface area contributed by atoms with Gasteiger partial charge >= 0.3 is 0 Å². The van der Waals surface area contributed by atoms with Crippen LogP contribution >= 0.6 is 0 Å². The first-order chi connectivity index (χ1) is 9.05. The van der Waals surface area contributed by atoms with Gasteiger partial charge in [0.25, 0.3) is 0 Å². The van der Waals surface area contributed by atoms with E-state index in [2.05, 4.69) is 9.88 Å². The van der Waals surface area contributed by atoms with E-state index in [4.69, 9.17) is 0 Å². The van der Waals surface area contributed by atoms with E-state index < -0.39 is 10.0 Å². The molecule has 0 bridgehead atoms. The Morgan fingerprint density at radius 1 is 1.21 bits per heavy atom. The standard InChI is InChI=1S/C13H21N3O2S/c1-19(17,18)16-9-4-8-15(11-12-16)10-6-13-5-2-3-7-14-13/h2-3,5,7H,4,6,8-12H2,1H3. The third kappa shape index (κ3) is 4.56. The Morgan fingerprint density at radius 3 is 2.74 bits per heavy atom. The molecule has 19 heavy (non-hydrogen) atoms. The molecule has 0 aliphatic carbocycles. The first-order valence-corrected chi connectivity index (χ1v) is 8.48. The van der Waals surface area contributed by atoms with Crippen LogP contribution < -0.4 is 0 Å². The van der Waals surface area contributed by atoms with Crippen molar-refractivity contribution in [3.8, 4) is 0 Å². The minimum absolute atomic E-state index is 0.598. The van der Waals surface area contributed by atoms with Gasteiger partial charge in [0, 0.05) is 44.5 Å². The zero-order valence-electron chi connectivity index (χ0n) is 11.3. The fourth-order valence-corrected chi connectivity index (χ4v) is 3.20. The molecular weight excluding hydrogens is 262 g/mol. The second-order valence-electron chi connectivity index (χ2n) is 4.93. The molecular formula is C13H21N3O2S. The molecule has 0 spiro atoms. The molecule has 1 aromatic rings. The zero-order valence-corrected chi connectivity index (χ0v) is 12.1. The highest BCUT2D eigenvalue weighted by Gasteiger charge is 2.20. The van der Waals surface area contributed by atoms with Crippen LogP contribution in [0.25, 0.3) is 0 Å². The summed E-state index contributed by atoms with van der Waals surface area (Å²) < 4.78 is 24.6. The third-order valence-corrected chi connectivity index (χ3v) is 4.73. The Morgan fingerprint density at radius 2 is 2.05 bits per heavy atom. The maximum absolute atomic E-state index is 11.5. The second kappa shape index (κ2) is 6.45. The summed E-state index contributed by atoms with van der Waals surface area (Å²) in [6, 6.07) is 5.94. The van der Waals surface area contributed by atoms with Gasteiger partial charge in [-0.25, -0.2) is 12.7 Å². The predicted molar refractivity (Wildman–Crippen MR) is 75.4 cm³/mol. The first kappa shape index (κ1) is 14.4. The summed E-state index contributed by atoms with van der Waals surface area (Å²) in [5, 5.41) is 0. The molecule has 0 N–H and O–H groups in total. The third-order valence-electron chi connectivity index (χ3n) is 3.43. The molecule has 2 heterocycles. The average Bonchev–Trinajstić information content (AvgIpc) is 2.62. The van der Waals surface area contributed by atoms with Gasteiger partial charge in [0.1, 0.15) is 0 Å². The van der Waals surface area contributed by atoms with Crippen LogP contribution in [0.4, 0.5) is 0 Å². The number of aromatic nitrogens is 1. The van der Waals surface area contributed by atoms with E-state index in [9.17, 15) is 8.42 Å². The van der Waals surface area contributed by atoms with Gasteiger partial charge in [-0.3, -0.25) is 4.98 Å². The van der Waals surface area contributed by atoms with Crippen LogP contribution in [0.15, 0.2) is 24.4 Å². The van der Waals surface area contributed by atoms with Crippen LogP contribution in [0.5, 0.6) is 0 Å². The molecule has 6 heteroatoms. The van der Waals surface area contributed by atoms with Crippen LogP contribution in [-0.4, -0.2) is 61.6 Å². The molecule has 0 radical (unpaired) electrons. The van der Waals surface area contributed by atoms with Crippen molar-refractivity contribution in [1.82, 2.24) is 14.2 Å². The molecule has 106 valence electrons. The Kier molecular flexibility index (Phi) is 4.90. The lowest BCUT2D eigenvalue weighted by Crippen LogP contribution is -2.35. The molecule has 1 aliphatic rings. The van der Waals surface area contributed by atoms with Crippen molar-refractivity contribution in [3.05, 3.63) is 30.1 Å². The van der Waals surface area contributed by atoms with Gasteiger partial charge in [-0.05, 0) is 25.1 Å². The van der Waals surface area contributed by atoms with Gasteiger partial charge in [-0.2, -0.15) is 0 Å². The van der Waals surface area contributed by atoms with E-state index in [0.29, 0.717) is 13.1 Å². The Bertz CT molecular complexity index is 490. The van der Waals surface area contributed by atoms with E-state index in [1.165, 1.54) is 6.26 Å². The molecule has 1 saturated heterocycles. The second-order valence-corrected chi connectivity index (χ2v) is 6.91. The number of pyridine rings is 1. The van der Waals surface area contributed by atoms with Crippen LogP contribution in [0.3, 0.4) is 0 Å². The monoisotopic (exact) mass is 283 g/mol. The van der Waals surface area contributed by atoms with Crippen molar-refractivity contribution in [2.45, 2.75) is 12.8 Å². The minimum atomic E-state index is -3.05. The largest absolute Gasteiger partial charge is 0.302 e. The van der Waals surface area contributed by atoms with E-state index in [1.54, 1.807) is 4.31 Å². The van der Waals surface area contributed by atoms with Crippen molar-refractivity contribution in [1.29, 1.82) is 0 Å². The number of nitrogens with zero attached hydrogens (tertiary/aromatic N) is 3. The number of hydrogen-bond donors (Lipinski definition) is 0. The SMILES string of the molecule is CS(=O)(=O)N1CCCN(CCc2ccccn2)CC1. The lowest BCUT2D eigenvalue weighted by atomic mass is 10.2. The van der Waals surface area contributed by atoms with Crippen molar-refractivity contribution in [2.75, 3.05) is 39.0 Å². The van der Waals surface area contributed by atoms with Crippen molar-refractivity contribution in [2.24, 2.45) is 0 Å². The molecule has 0 saturated carbocycles. The lowest BCUT2D eigenvalue weighted by molar-refractivity contribution is 0.289. The molecule has 0 atom stereocenters. The van der Waals surface area contributed by atoms with Crippen molar-refractivity contribution >= 4 is 10.0 Å². The van der Waals surface area contributed by atoms with Gasteiger partial charge in [0.15, 0.2) is 0 Å². The van der Waals surface area contributed by atoms with Gasteiger partial charge in [0.2, 0.25) is 10.0 Å². The summed E-state index contributed by atoms with van der Waals surface area (Å²) in [5.41, 5.74) is 1.09. The fraction of sp³-hybridized carbons (Fsp3) is 0.615. The normalized spacial score (nSPS) is 19.2. The van der Waals surface area contributed by atoms with Gasteiger partial charge in [0.05, 0.1) is 6.26 Å². The van der Waals surface area contributed by atoms with Crippen LogP contribution in [0, 0.1) is 0 Å². The Balaban J connectivity index is 1.83. The maximum Gasteiger partial charge on any atom is 0.211 e. The van der Waals surface area contributed by atoms with E-state index >= 15 is 0 Å². The molecule has 5 nitrogen and oxygen atoms in total. The van der Waals surface area contributed by atoms with Crippen molar-refractivity contribution < 1.29 is 8.42 Å². The van der Waals surface area contributed by atoms with Crippen LogP contribution in [-0.2, 0) is 16.4 Å². The van der Waals surface area contributed by atoms with E-state index in [-0.39, 0.29) is 0 Å². The molecule has 2 rings (SSSR count). The Labute approximate surface area is 115 Å². The molecule has 1 fully saturated rings. The predicted octanol–water partition coefficient (Wildman–Crippen LogP) is 0.591. The van der Waals surface area contributed by atoms with E-state index in [1.807, 2.05) is 24.4 Å². The first-order valence-electron chi connectivity index (χ1n) is 6.63. The molecule has 0 amide bonds. The zero-order chi connectivity index (χ0) is 13.7. The summed E-state index contributed by atoms with van der Waals surface area (Å²) in [4.78, 5) is 6.63. The van der Waals surface area contributed by atoms with Gasteiger partial charge < -0.3 is 4.90 Å². The average molecular weight is 283 g/mol. The minimum Gasteiger partial charge on any atom is -0.302 e. The van der Waals surface area contributed by atoms with E-state index in [0.717, 1.165) is 38.2 Å². The highest BCUT2D eigenvalue weighted by molar-refractivity contribution is 7.88. The topological polar surface area (TPSA) is 53.5 Å². The van der Waals surface area contributed by atoms with Crippen molar-refractivity contribution in [3.63, 3.8) is 0 Å². The molecule has 0 unspecified atom stereocenters. The maximum atomic E-state index is 11.5. The summed E-state index contributed by atoms with van der Waals surface area (Å²) in [6.45, 7) is 3.94. The summed E-state index contributed by atoms with van der Waals surface area (Å²) in [7, 11) is -3.05. The highest BCUT2D eigenvalue weighted by Crippen LogP contribution is 2.07. The summed E-state index contributed by atoms with van der Waals surface area (Å²) in [6.07, 6.45) is 4.91.